The molecule has 0 bridgehead atoms. The third-order valence-electron chi connectivity index (χ3n) is 2.11. The molecule has 78 valence electrons. The van der Waals surface area contributed by atoms with Crippen molar-refractivity contribution in [2.75, 3.05) is 7.11 Å². The van der Waals surface area contributed by atoms with E-state index in [1.54, 1.807) is 6.07 Å². The monoisotopic (exact) mass is 205 g/mol. The molecule has 1 aromatic heterocycles. The summed E-state index contributed by atoms with van der Waals surface area (Å²) in [5, 5.41) is 1.01. The first-order valence-electron chi connectivity index (χ1n) is 4.54. The van der Waals surface area contributed by atoms with E-state index >= 15 is 0 Å². The fourth-order valence-corrected chi connectivity index (χ4v) is 1.41. The van der Waals surface area contributed by atoms with Gasteiger partial charge >= 0.3 is 6.16 Å². The van der Waals surface area contributed by atoms with Crippen LogP contribution < -0.4 is 4.74 Å². The van der Waals surface area contributed by atoms with Crippen LogP contribution in [0.25, 0.3) is 10.9 Å². The topological polar surface area (TPSA) is 51.3 Å². The molecule has 0 saturated carbocycles. The number of carbonyl (C=O) groups is 1. The molecule has 0 fully saturated rings. The zero-order valence-corrected chi connectivity index (χ0v) is 8.53. The normalized spacial score (nSPS) is 10.3. The van der Waals surface area contributed by atoms with Crippen LogP contribution in [0, 0.1) is 6.92 Å². The molecule has 0 aliphatic heterocycles. The number of benzene rings is 1. The largest absolute Gasteiger partial charge is 0.514 e. The van der Waals surface area contributed by atoms with Gasteiger partial charge in [0.05, 0.1) is 7.11 Å². The number of aromatic nitrogens is 1. The van der Waals surface area contributed by atoms with Crippen LogP contribution >= 0.6 is 0 Å². The van der Waals surface area contributed by atoms with E-state index in [9.17, 15) is 4.79 Å². The van der Waals surface area contributed by atoms with Gasteiger partial charge in [0.25, 0.3) is 0 Å². The molecule has 4 heteroatoms. The summed E-state index contributed by atoms with van der Waals surface area (Å²) in [6.07, 6.45) is -0.724. The van der Waals surface area contributed by atoms with Gasteiger partial charge < -0.3 is 14.5 Å². The minimum Gasteiger partial charge on any atom is -0.437 e. The van der Waals surface area contributed by atoms with E-state index < -0.39 is 6.16 Å². The van der Waals surface area contributed by atoms with E-state index in [0.29, 0.717) is 5.88 Å². The minimum atomic E-state index is -0.724. The van der Waals surface area contributed by atoms with Crippen LogP contribution in [0.15, 0.2) is 24.3 Å². The standard InChI is InChI=1S/C11H11NO3/c1-7-3-4-9-8(5-7)6-10(12-9)15-11(13)14-2/h3-6,12H,1-2H3. The van der Waals surface area contributed by atoms with Gasteiger partial charge in [-0.25, -0.2) is 4.79 Å². The van der Waals surface area contributed by atoms with Crippen molar-refractivity contribution in [2.45, 2.75) is 6.92 Å². The quantitative estimate of drug-likeness (QED) is 0.728. The Bertz CT molecular complexity index is 502. The fourth-order valence-electron chi connectivity index (χ4n) is 1.41. The van der Waals surface area contributed by atoms with Crippen LogP contribution in [-0.2, 0) is 4.74 Å². The average Bonchev–Trinajstić information content (AvgIpc) is 2.59. The number of hydrogen-bond donors (Lipinski definition) is 1. The van der Waals surface area contributed by atoms with Crippen LogP contribution in [0.4, 0.5) is 4.79 Å². The number of fused-ring (bicyclic) bond motifs is 1. The van der Waals surface area contributed by atoms with Gasteiger partial charge in [0.1, 0.15) is 0 Å². The van der Waals surface area contributed by atoms with Crippen molar-refractivity contribution in [3.63, 3.8) is 0 Å². The van der Waals surface area contributed by atoms with Gasteiger partial charge in [0, 0.05) is 17.0 Å². The van der Waals surface area contributed by atoms with Gasteiger partial charge in [-0.05, 0) is 19.1 Å². The third-order valence-corrected chi connectivity index (χ3v) is 2.11. The number of aryl methyl sites for hydroxylation is 1. The van der Waals surface area contributed by atoms with E-state index in [-0.39, 0.29) is 0 Å². The summed E-state index contributed by atoms with van der Waals surface area (Å²) in [7, 11) is 1.27. The SMILES string of the molecule is COC(=O)Oc1cc2cc(C)ccc2[nH]1. The minimum absolute atomic E-state index is 0.391. The summed E-state index contributed by atoms with van der Waals surface area (Å²) in [6, 6.07) is 7.70. The summed E-state index contributed by atoms with van der Waals surface area (Å²) in [6.45, 7) is 2.01. The first-order chi connectivity index (χ1) is 7.19. The number of rotatable bonds is 1. The van der Waals surface area contributed by atoms with E-state index in [4.69, 9.17) is 4.74 Å². The van der Waals surface area contributed by atoms with E-state index in [2.05, 4.69) is 9.72 Å². The average molecular weight is 205 g/mol. The molecule has 4 nitrogen and oxygen atoms in total. The molecule has 0 amide bonds. The number of methoxy groups -OCH3 is 1. The Labute approximate surface area is 86.8 Å². The molecule has 0 atom stereocenters. The van der Waals surface area contributed by atoms with E-state index in [1.165, 1.54) is 7.11 Å². The highest BCUT2D eigenvalue weighted by molar-refractivity contribution is 5.82. The van der Waals surface area contributed by atoms with Crippen molar-refractivity contribution in [1.29, 1.82) is 0 Å². The van der Waals surface area contributed by atoms with Gasteiger partial charge in [0.15, 0.2) is 0 Å². The molecule has 0 radical (unpaired) electrons. The zero-order chi connectivity index (χ0) is 10.8. The van der Waals surface area contributed by atoms with Crippen molar-refractivity contribution >= 4 is 17.1 Å². The number of nitrogens with one attached hydrogen (secondary N) is 1. The Morgan fingerprint density at radius 1 is 1.33 bits per heavy atom. The van der Waals surface area contributed by atoms with Crippen molar-refractivity contribution in [3.05, 3.63) is 29.8 Å². The molecular formula is C11H11NO3. The first kappa shape index (κ1) is 9.58. The predicted molar refractivity (Wildman–Crippen MR) is 56.1 cm³/mol. The fraction of sp³-hybridized carbons (Fsp3) is 0.182. The lowest BCUT2D eigenvalue weighted by Crippen LogP contribution is -2.07. The van der Waals surface area contributed by atoms with Crippen molar-refractivity contribution < 1.29 is 14.3 Å². The van der Waals surface area contributed by atoms with Crippen LogP contribution in [0.3, 0.4) is 0 Å². The molecule has 0 spiro atoms. The second-order valence-corrected chi connectivity index (χ2v) is 3.28. The lowest BCUT2D eigenvalue weighted by Gasteiger charge is -1.97. The molecule has 1 N–H and O–H groups in total. The smallest absolute Gasteiger partial charge is 0.437 e. The number of ether oxygens (including phenoxy) is 2. The van der Waals surface area contributed by atoms with Gasteiger partial charge in [-0.3, -0.25) is 0 Å². The highest BCUT2D eigenvalue weighted by atomic mass is 16.7. The second-order valence-electron chi connectivity index (χ2n) is 3.28. The maximum absolute atomic E-state index is 10.9. The molecule has 0 aliphatic rings. The number of hydrogen-bond acceptors (Lipinski definition) is 3. The first-order valence-corrected chi connectivity index (χ1v) is 4.54. The molecule has 0 saturated heterocycles. The van der Waals surface area contributed by atoms with Crippen molar-refractivity contribution in [2.24, 2.45) is 0 Å². The second kappa shape index (κ2) is 3.65. The van der Waals surface area contributed by atoms with Crippen LogP contribution in [0.2, 0.25) is 0 Å². The molecule has 2 aromatic rings. The lowest BCUT2D eigenvalue weighted by molar-refractivity contribution is 0.120. The number of carbonyl (C=O) groups excluding carboxylic acids is 1. The highest BCUT2D eigenvalue weighted by Crippen LogP contribution is 2.21. The van der Waals surface area contributed by atoms with Gasteiger partial charge in [-0.15, -0.1) is 0 Å². The molecule has 0 aliphatic carbocycles. The Kier molecular flexibility index (Phi) is 2.33. The Hall–Kier alpha value is -1.97. The lowest BCUT2D eigenvalue weighted by atomic mass is 10.2. The summed E-state index contributed by atoms with van der Waals surface area (Å²) < 4.78 is 9.26. The van der Waals surface area contributed by atoms with E-state index in [1.807, 2.05) is 25.1 Å². The molecule has 1 heterocycles. The van der Waals surface area contributed by atoms with Crippen molar-refractivity contribution in [1.82, 2.24) is 4.98 Å². The molecule has 1 aromatic carbocycles. The van der Waals surface area contributed by atoms with Crippen LogP contribution in [0.5, 0.6) is 5.88 Å². The molecule has 2 rings (SSSR count). The zero-order valence-electron chi connectivity index (χ0n) is 8.53. The summed E-state index contributed by atoms with van der Waals surface area (Å²) >= 11 is 0. The van der Waals surface area contributed by atoms with E-state index in [0.717, 1.165) is 16.5 Å². The van der Waals surface area contributed by atoms with Crippen molar-refractivity contribution in [3.8, 4) is 5.88 Å². The molecular weight excluding hydrogens is 194 g/mol. The van der Waals surface area contributed by atoms with Gasteiger partial charge in [0.2, 0.25) is 5.88 Å². The van der Waals surface area contributed by atoms with Gasteiger partial charge in [-0.2, -0.15) is 0 Å². The number of H-pyrrole nitrogens is 1. The molecule has 0 unspecified atom stereocenters. The van der Waals surface area contributed by atoms with Crippen LogP contribution in [0.1, 0.15) is 5.56 Å². The Morgan fingerprint density at radius 3 is 2.87 bits per heavy atom. The highest BCUT2D eigenvalue weighted by Gasteiger charge is 2.06. The Morgan fingerprint density at radius 2 is 2.13 bits per heavy atom. The maximum atomic E-state index is 10.9. The number of aromatic amines is 1. The molecule has 15 heavy (non-hydrogen) atoms. The predicted octanol–water partition coefficient (Wildman–Crippen LogP) is 2.62. The Balaban J connectivity index is 2.34. The van der Waals surface area contributed by atoms with Gasteiger partial charge in [-0.1, -0.05) is 11.6 Å². The summed E-state index contributed by atoms with van der Waals surface area (Å²) in [5.74, 6) is 0.391. The maximum Gasteiger partial charge on any atom is 0.514 e. The summed E-state index contributed by atoms with van der Waals surface area (Å²) in [4.78, 5) is 13.8. The van der Waals surface area contributed by atoms with Crippen LogP contribution in [-0.4, -0.2) is 18.2 Å². The summed E-state index contributed by atoms with van der Waals surface area (Å²) in [5.41, 5.74) is 2.09. The third kappa shape index (κ3) is 1.93.